The third-order valence-corrected chi connectivity index (χ3v) is 7.52. The first kappa shape index (κ1) is 26.3. The molecule has 204 valence electrons. The van der Waals surface area contributed by atoms with Crippen LogP contribution in [0.2, 0.25) is 0 Å². The molecule has 0 radical (unpaired) electrons. The Morgan fingerprint density at radius 1 is 1.16 bits per heavy atom. The SMILES string of the molecule is Cc1cc2c(c(F)c1NC(=O)C1CC3(C1)CC(F)(F)C3)OC(C)C(=O)N2Cc1ccc(C(F)(F)F)c(F)c1. The molecule has 2 aliphatic carbocycles. The Kier molecular flexibility index (Phi) is 5.96. The first-order valence-corrected chi connectivity index (χ1v) is 11.9. The van der Waals surface area contributed by atoms with Crippen molar-refractivity contribution in [2.75, 3.05) is 10.2 Å². The second-order valence-electron chi connectivity index (χ2n) is 10.5. The van der Waals surface area contributed by atoms with Crippen LogP contribution >= 0.6 is 0 Å². The summed E-state index contributed by atoms with van der Waals surface area (Å²) in [7, 11) is 0. The molecule has 2 aromatic carbocycles. The summed E-state index contributed by atoms with van der Waals surface area (Å²) in [4.78, 5) is 26.7. The van der Waals surface area contributed by atoms with Crippen molar-refractivity contribution in [1.82, 2.24) is 0 Å². The Morgan fingerprint density at radius 3 is 2.39 bits per heavy atom. The molecule has 1 spiro atoms. The molecule has 5 rings (SSSR count). The Labute approximate surface area is 212 Å². The summed E-state index contributed by atoms with van der Waals surface area (Å²) in [6.07, 6.45) is -5.99. The van der Waals surface area contributed by atoms with Crippen LogP contribution in [0.15, 0.2) is 24.3 Å². The van der Waals surface area contributed by atoms with E-state index in [1.54, 1.807) is 0 Å². The molecular formula is C26H23F7N2O3. The number of alkyl halides is 5. The Balaban J connectivity index is 1.38. The second-order valence-corrected chi connectivity index (χ2v) is 10.5. The lowest BCUT2D eigenvalue weighted by atomic mass is 9.50. The van der Waals surface area contributed by atoms with Crippen molar-refractivity contribution < 1.29 is 45.1 Å². The average molecular weight is 544 g/mol. The van der Waals surface area contributed by atoms with Crippen LogP contribution in [0.25, 0.3) is 0 Å². The smallest absolute Gasteiger partial charge is 0.419 e. The first-order valence-electron chi connectivity index (χ1n) is 11.9. The molecule has 1 heterocycles. The fourth-order valence-electron chi connectivity index (χ4n) is 5.74. The number of ether oxygens (including phenoxy) is 1. The van der Waals surface area contributed by atoms with Gasteiger partial charge in [-0.1, -0.05) is 6.07 Å². The number of aryl methyl sites for hydroxylation is 1. The third-order valence-electron chi connectivity index (χ3n) is 7.52. The van der Waals surface area contributed by atoms with Crippen LogP contribution in [-0.2, 0) is 22.3 Å². The summed E-state index contributed by atoms with van der Waals surface area (Å²) in [6.45, 7) is 2.48. The Morgan fingerprint density at radius 2 is 1.82 bits per heavy atom. The van der Waals surface area contributed by atoms with E-state index in [2.05, 4.69) is 5.32 Å². The van der Waals surface area contributed by atoms with Crippen molar-refractivity contribution in [3.8, 4) is 5.75 Å². The molecule has 0 bridgehead atoms. The number of nitrogens with one attached hydrogen (secondary N) is 1. The molecule has 3 aliphatic rings. The number of carbonyl (C=O) groups is 2. The van der Waals surface area contributed by atoms with E-state index in [9.17, 15) is 35.9 Å². The highest BCUT2D eigenvalue weighted by Crippen LogP contribution is 2.64. The van der Waals surface area contributed by atoms with Gasteiger partial charge in [-0.3, -0.25) is 9.59 Å². The number of anilines is 2. The van der Waals surface area contributed by atoms with Gasteiger partial charge in [-0.25, -0.2) is 17.6 Å². The van der Waals surface area contributed by atoms with E-state index < -0.39 is 58.5 Å². The van der Waals surface area contributed by atoms with Crippen LogP contribution < -0.4 is 15.0 Å². The van der Waals surface area contributed by atoms with Crippen LogP contribution in [0.1, 0.15) is 49.3 Å². The summed E-state index contributed by atoms with van der Waals surface area (Å²) < 4.78 is 100. The molecule has 1 atom stereocenters. The number of benzene rings is 2. The van der Waals surface area contributed by atoms with Crippen molar-refractivity contribution in [1.29, 1.82) is 0 Å². The van der Waals surface area contributed by atoms with Crippen molar-refractivity contribution >= 4 is 23.2 Å². The Hall–Kier alpha value is -3.31. The number of rotatable bonds is 4. The highest BCUT2D eigenvalue weighted by molar-refractivity contribution is 6.01. The molecule has 5 nitrogen and oxygen atoms in total. The van der Waals surface area contributed by atoms with E-state index in [4.69, 9.17) is 4.74 Å². The van der Waals surface area contributed by atoms with E-state index in [1.165, 1.54) is 19.9 Å². The van der Waals surface area contributed by atoms with Crippen molar-refractivity contribution in [2.45, 2.75) is 64.3 Å². The minimum absolute atomic E-state index is 0.0271. The molecule has 2 amide bonds. The first-order chi connectivity index (χ1) is 17.6. The van der Waals surface area contributed by atoms with Gasteiger partial charge in [-0.2, -0.15) is 13.2 Å². The van der Waals surface area contributed by atoms with Crippen LogP contribution in [-0.4, -0.2) is 23.8 Å². The maximum atomic E-state index is 15.6. The normalized spacial score (nSPS) is 21.9. The summed E-state index contributed by atoms with van der Waals surface area (Å²) in [5.41, 5.74) is -1.93. The van der Waals surface area contributed by atoms with Crippen LogP contribution in [0.5, 0.6) is 5.75 Å². The molecule has 2 fully saturated rings. The molecule has 2 saturated carbocycles. The molecular weight excluding hydrogens is 521 g/mol. The lowest BCUT2D eigenvalue weighted by molar-refractivity contribution is -0.206. The lowest BCUT2D eigenvalue weighted by Crippen LogP contribution is -2.55. The summed E-state index contributed by atoms with van der Waals surface area (Å²) in [5.74, 6) is -7.18. The minimum atomic E-state index is -4.89. The minimum Gasteiger partial charge on any atom is -0.476 e. The molecule has 1 unspecified atom stereocenters. The van der Waals surface area contributed by atoms with Gasteiger partial charge in [0.15, 0.2) is 17.7 Å². The fourth-order valence-corrected chi connectivity index (χ4v) is 5.74. The monoisotopic (exact) mass is 544 g/mol. The van der Waals surface area contributed by atoms with Gasteiger partial charge in [-0.05, 0) is 61.4 Å². The van der Waals surface area contributed by atoms with Crippen LogP contribution in [0.3, 0.4) is 0 Å². The van der Waals surface area contributed by atoms with Crippen molar-refractivity contribution in [2.24, 2.45) is 11.3 Å². The zero-order valence-electron chi connectivity index (χ0n) is 20.3. The molecule has 1 aliphatic heterocycles. The van der Waals surface area contributed by atoms with Gasteiger partial charge in [0, 0.05) is 18.8 Å². The predicted molar refractivity (Wildman–Crippen MR) is 122 cm³/mol. The zero-order valence-corrected chi connectivity index (χ0v) is 20.3. The van der Waals surface area contributed by atoms with Gasteiger partial charge in [0.1, 0.15) is 5.82 Å². The van der Waals surface area contributed by atoms with Crippen molar-refractivity contribution in [3.63, 3.8) is 0 Å². The van der Waals surface area contributed by atoms with Crippen LogP contribution in [0.4, 0.5) is 42.1 Å². The largest absolute Gasteiger partial charge is 0.476 e. The molecule has 0 saturated heterocycles. The Bertz CT molecular complexity index is 1330. The number of hydrogen-bond donors (Lipinski definition) is 1. The highest BCUT2D eigenvalue weighted by atomic mass is 19.4. The standard InChI is InChI=1S/C26H23F7N2O3/c1-12-5-18-21(19(28)20(12)34-22(36)15-7-24(8-15)10-25(29,30)11-24)38-13(2)23(37)35(18)9-14-3-4-16(17(27)6-14)26(31,32)33/h3-6,13,15H,7-11H2,1-2H3,(H,34,36). The lowest BCUT2D eigenvalue weighted by Gasteiger charge is -2.56. The molecule has 38 heavy (non-hydrogen) atoms. The number of amides is 2. The molecule has 0 aromatic heterocycles. The second kappa shape index (κ2) is 8.60. The predicted octanol–water partition coefficient (Wildman–Crippen LogP) is 6.37. The number of carbonyl (C=O) groups excluding carboxylic acids is 2. The number of nitrogens with zero attached hydrogens (tertiary/aromatic N) is 1. The van der Waals surface area contributed by atoms with E-state index in [-0.39, 0.29) is 47.6 Å². The van der Waals surface area contributed by atoms with Gasteiger partial charge in [-0.15, -0.1) is 0 Å². The quantitative estimate of drug-likeness (QED) is 0.455. The number of fused-ring (bicyclic) bond motifs is 1. The van der Waals surface area contributed by atoms with Gasteiger partial charge >= 0.3 is 6.18 Å². The van der Waals surface area contributed by atoms with Gasteiger partial charge in [0.05, 0.1) is 23.5 Å². The van der Waals surface area contributed by atoms with Gasteiger partial charge in [0.25, 0.3) is 5.91 Å². The summed E-state index contributed by atoms with van der Waals surface area (Å²) in [6, 6.07) is 3.64. The summed E-state index contributed by atoms with van der Waals surface area (Å²) >= 11 is 0. The zero-order chi connectivity index (χ0) is 27.8. The van der Waals surface area contributed by atoms with Gasteiger partial charge in [0.2, 0.25) is 11.8 Å². The van der Waals surface area contributed by atoms with Gasteiger partial charge < -0.3 is 15.0 Å². The fraction of sp³-hybridized carbons (Fsp3) is 0.462. The maximum absolute atomic E-state index is 15.6. The third kappa shape index (κ3) is 4.47. The van der Waals surface area contributed by atoms with E-state index in [1.807, 2.05) is 0 Å². The average Bonchev–Trinajstić information content (AvgIpc) is 2.76. The maximum Gasteiger partial charge on any atom is 0.419 e. The summed E-state index contributed by atoms with van der Waals surface area (Å²) in [5, 5.41) is 2.51. The molecule has 12 heteroatoms. The molecule has 1 N–H and O–H groups in total. The van der Waals surface area contributed by atoms with E-state index in [0.29, 0.717) is 25.0 Å². The van der Waals surface area contributed by atoms with E-state index >= 15 is 4.39 Å². The number of halogens is 7. The molecule has 2 aromatic rings. The van der Waals surface area contributed by atoms with Crippen molar-refractivity contribution in [3.05, 3.63) is 52.6 Å². The van der Waals surface area contributed by atoms with E-state index in [0.717, 1.165) is 11.0 Å². The van der Waals surface area contributed by atoms with Crippen LogP contribution in [0, 0.1) is 29.9 Å². The number of hydrogen-bond acceptors (Lipinski definition) is 3. The topological polar surface area (TPSA) is 58.6 Å². The highest BCUT2D eigenvalue weighted by Gasteiger charge is 2.63.